The van der Waals surface area contributed by atoms with E-state index in [0.717, 1.165) is 0 Å². The Morgan fingerprint density at radius 2 is 1.60 bits per heavy atom. The Bertz CT molecular complexity index is 606. The summed E-state index contributed by atoms with van der Waals surface area (Å²) in [5.41, 5.74) is -0.163. The summed E-state index contributed by atoms with van der Waals surface area (Å²) < 4.78 is 43.7. The van der Waals surface area contributed by atoms with Crippen LogP contribution in [0.15, 0.2) is 36.4 Å². The lowest BCUT2D eigenvalue weighted by Gasteiger charge is -2.19. The summed E-state index contributed by atoms with van der Waals surface area (Å²) in [6.07, 6.45) is -7.28. The molecule has 5 heteroatoms. The van der Waals surface area contributed by atoms with E-state index in [1.54, 1.807) is 24.3 Å². The molecule has 0 saturated carbocycles. The van der Waals surface area contributed by atoms with Crippen molar-refractivity contribution in [3.8, 4) is 5.75 Å². The first-order valence-electron chi connectivity index (χ1n) is 6.24. The van der Waals surface area contributed by atoms with Crippen LogP contribution in [0.5, 0.6) is 5.75 Å². The van der Waals surface area contributed by atoms with Crippen molar-refractivity contribution in [3.63, 3.8) is 0 Å². The molecule has 1 N–H and O–H groups in total. The maximum absolute atomic E-state index is 12.7. The predicted molar refractivity (Wildman–Crippen MR) is 70.7 cm³/mol. The highest BCUT2D eigenvalue weighted by molar-refractivity contribution is 5.91. The third kappa shape index (κ3) is 2.88. The van der Waals surface area contributed by atoms with Crippen LogP contribution in [0.2, 0.25) is 0 Å². The van der Waals surface area contributed by atoms with E-state index in [-0.39, 0.29) is 11.7 Å². The normalized spacial score (nSPS) is 13.8. The van der Waals surface area contributed by atoms with E-state index in [2.05, 4.69) is 0 Å². The Morgan fingerprint density at radius 1 is 1.00 bits per heavy atom. The molecule has 1 atom stereocenters. The van der Waals surface area contributed by atoms with Crippen LogP contribution >= 0.6 is 0 Å². The van der Waals surface area contributed by atoms with Gasteiger partial charge in [-0.25, -0.2) is 0 Å². The molecule has 0 aliphatic heterocycles. The van der Waals surface area contributed by atoms with Crippen LogP contribution in [0.4, 0.5) is 13.2 Å². The van der Waals surface area contributed by atoms with Gasteiger partial charge in [0.1, 0.15) is 5.75 Å². The second-order valence-electron chi connectivity index (χ2n) is 4.81. The van der Waals surface area contributed by atoms with Crippen LogP contribution < -0.4 is 4.74 Å². The van der Waals surface area contributed by atoms with Crippen molar-refractivity contribution < 1.29 is 23.0 Å². The van der Waals surface area contributed by atoms with Gasteiger partial charge in [0.25, 0.3) is 0 Å². The van der Waals surface area contributed by atoms with Crippen LogP contribution in [-0.4, -0.2) is 17.4 Å². The van der Waals surface area contributed by atoms with Crippen LogP contribution in [0.3, 0.4) is 0 Å². The monoisotopic (exact) mass is 284 g/mol. The lowest BCUT2D eigenvalue weighted by molar-refractivity contribution is -0.206. The molecule has 2 rings (SSSR count). The summed E-state index contributed by atoms with van der Waals surface area (Å²) in [4.78, 5) is 0. The van der Waals surface area contributed by atoms with Crippen molar-refractivity contribution >= 4 is 10.8 Å². The summed E-state index contributed by atoms with van der Waals surface area (Å²) in [6, 6.07) is 9.31. The quantitative estimate of drug-likeness (QED) is 0.914. The number of fused-ring (bicyclic) bond motifs is 1. The number of benzene rings is 2. The van der Waals surface area contributed by atoms with Gasteiger partial charge in [0, 0.05) is 5.39 Å². The van der Waals surface area contributed by atoms with Gasteiger partial charge < -0.3 is 9.84 Å². The van der Waals surface area contributed by atoms with E-state index < -0.39 is 12.3 Å². The number of aliphatic hydroxyl groups excluding tert-OH is 1. The number of alkyl halides is 3. The maximum Gasteiger partial charge on any atom is 0.418 e. The van der Waals surface area contributed by atoms with E-state index in [1.165, 1.54) is 12.1 Å². The minimum absolute atomic E-state index is 0.0863. The smallest absolute Gasteiger partial charge is 0.418 e. The minimum atomic E-state index is -4.69. The first-order valence-corrected chi connectivity index (χ1v) is 6.24. The molecule has 0 heterocycles. The molecule has 0 aliphatic carbocycles. The molecule has 0 amide bonds. The van der Waals surface area contributed by atoms with Gasteiger partial charge in [-0.2, -0.15) is 13.2 Å². The zero-order chi connectivity index (χ0) is 14.9. The second kappa shape index (κ2) is 5.32. The lowest BCUT2D eigenvalue weighted by Crippen LogP contribution is -2.20. The van der Waals surface area contributed by atoms with E-state index in [1.807, 2.05) is 13.8 Å². The van der Waals surface area contributed by atoms with Gasteiger partial charge in [0.05, 0.1) is 6.10 Å². The van der Waals surface area contributed by atoms with Gasteiger partial charge in [0.15, 0.2) is 6.10 Å². The first-order chi connectivity index (χ1) is 9.30. The minimum Gasteiger partial charge on any atom is -0.490 e. The van der Waals surface area contributed by atoms with Crippen molar-refractivity contribution in [2.45, 2.75) is 32.2 Å². The summed E-state index contributed by atoms with van der Waals surface area (Å²) >= 11 is 0. The molecule has 108 valence electrons. The molecule has 0 aliphatic rings. The SMILES string of the molecule is CC(C)Oc1ccc(C(O)C(F)(F)F)c2ccccc12. The highest BCUT2D eigenvalue weighted by Gasteiger charge is 2.40. The number of halogens is 3. The summed E-state index contributed by atoms with van der Waals surface area (Å²) in [5.74, 6) is 0.508. The predicted octanol–water partition coefficient (Wildman–Crippen LogP) is 4.22. The molecule has 20 heavy (non-hydrogen) atoms. The van der Waals surface area contributed by atoms with E-state index in [9.17, 15) is 18.3 Å². The number of rotatable bonds is 3. The van der Waals surface area contributed by atoms with Gasteiger partial charge in [-0.1, -0.05) is 30.3 Å². The molecule has 0 saturated heterocycles. The fraction of sp³-hybridized carbons (Fsp3) is 0.333. The molecule has 1 unspecified atom stereocenters. The number of aliphatic hydroxyl groups is 1. The Hall–Kier alpha value is -1.75. The topological polar surface area (TPSA) is 29.5 Å². The number of hydrogen-bond acceptors (Lipinski definition) is 2. The number of hydrogen-bond donors (Lipinski definition) is 1. The third-order valence-corrected chi connectivity index (χ3v) is 2.89. The fourth-order valence-corrected chi connectivity index (χ4v) is 2.07. The maximum atomic E-state index is 12.7. The zero-order valence-electron chi connectivity index (χ0n) is 11.1. The number of ether oxygens (including phenoxy) is 1. The van der Waals surface area contributed by atoms with Crippen LogP contribution in [0.25, 0.3) is 10.8 Å². The highest BCUT2D eigenvalue weighted by atomic mass is 19.4. The van der Waals surface area contributed by atoms with Crippen LogP contribution in [-0.2, 0) is 0 Å². The molecular formula is C15H15F3O2. The largest absolute Gasteiger partial charge is 0.490 e. The van der Waals surface area contributed by atoms with Gasteiger partial charge >= 0.3 is 6.18 Å². The zero-order valence-corrected chi connectivity index (χ0v) is 11.1. The molecule has 2 aromatic carbocycles. The Balaban J connectivity index is 2.60. The Kier molecular flexibility index (Phi) is 3.90. The third-order valence-electron chi connectivity index (χ3n) is 2.89. The van der Waals surface area contributed by atoms with Crippen molar-refractivity contribution in [1.29, 1.82) is 0 Å². The van der Waals surface area contributed by atoms with Crippen molar-refractivity contribution in [3.05, 3.63) is 42.0 Å². The second-order valence-corrected chi connectivity index (χ2v) is 4.81. The van der Waals surface area contributed by atoms with E-state index in [4.69, 9.17) is 4.74 Å². The average Bonchev–Trinajstić information content (AvgIpc) is 2.37. The molecule has 0 bridgehead atoms. The van der Waals surface area contributed by atoms with Gasteiger partial charge in [0.2, 0.25) is 0 Å². The standard InChI is InChI=1S/C15H15F3O2/c1-9(2)20-13-8-7-12(14(19)15(16,17)18)10-5-3-4-6-11(10)13/h3-9,14,19H,1-2H3. The van der Waals surface area contributed by atoms with E-state index >= 15 is 0 Å². The van der Waals surface area contributed by atoms with Crippen LogP contribution in [0.1, 0.15) is 25.5 Å². The molecule has 0 spiro atoms. The van der Waals surface area contributed by atoms with E-state index in [0.29, 0.717) is 16.5 Å². The molecule has 0 aromatic heterocycles. The molecule has 0 fully saturated rings. The van der Waals surface area contributed by atoms with Crippen molar-refractivity contribution in [2.75, 3.05) is 0 Å². The molecular weight excluding hydrogens is 269 g/mol. The average molecular weight is 284 g/mol. The summed E-state index contributed by atoms with van der Waals surface area (Å²) in [6.45, 7) is 3.68. The Morgan fingerprint density at radius 3 is 2.15 bits per heavy atom. The Labute approximate surface area is 114 Å². The molecule has 2 aromatic rings. The highest BCUT2D eigenvalue weighted by Crippen LogP contribution is 2.38. The van der Waals surface area contributed by atoms with Crippen molar-refractivity contribution in [1.82, 2.24) is 0 Å². The fourth-order valence-electron chi connectivity index (χ4n) is 2.07. The molecule has 0 radical (unpaired) electrons. The van der Waals surface area contributed by atoms with Gasteiger partial charge in [-0.05, 0) is 30.9 Å². The molecule has 2 nitrogen and oxygen atoms in total. The van der Waals surface area contributed by atoms with Crippen LogP contribution in [0, 0.1) is 0 Å². The van der Waals surface area contributed by atoms with Crippen molar-refractivity contribution in [2.24, 2.45) is 0 Å². The summed E-state index contributed by atoms with van der Waals surface area (Å²) in [5, 5.41) is 10.4. The summed E-state index contributed by atoms with van der Waals surface area (Å²) in [7, 11) is 0. The van der Waals surface area contributed by atoms with Gasteiger partial charge in [-0.3, -0.25) is 0 Å². The lowest BCUT2D eigenvalue weighted by atomic mass is 9.99. The first kappa shape index (κ1) is 14.7. The van der Waals surface area contributed by atoms with Gasteiger partial charge in [-0.15, -0.1) is 0 Å².